The molecule has 0 radical (unpaired) electrons. The van der Waals surface area contributed by atoms with Crippen LogP contribution in [0.25, 0.3) is 0 Å². The molecule has 2 aromatic rings. The van der Waals surface area contributed by atoms with Crippen molar-refractivity contribution in [2.24, 2.45) is 0 Å². The van der Waals surface area contributed by atoms with Crippen LogP contribution in [-0.2, 0) is 0 Å². The summed E-state index contributed by atoms with van der Waals surface area (Å²) in [6, 6.07) is 7.69. The van der Waals surface area contributed by atoms with Gasteiger partial charge in [0.05, 0.1) is 5.02 Å². The fourth-order valence-corrected chi connectivity index (χ4v) is 1.47. The van der Waals surface area contributed by atoms with Gasteiger partial charge in [-0.2, -0.15) is 0 Å². The standard InChI is InChI=1S/C12H9ClN2O2/c13-10-7-9(1-2-11(10)16)15-12(17)8-3-5-14-6-4-8/h1-7,16H,(H,15,17). The summed E-state index contributed by atoms with van der Waals surface area (Å²) in [4.78, 5) is 15.6. The summed E-state index contributed by atoms with van der Waals surface area (Å²) >= 11 is 5.73. The number of aromatic hydroxyl groups is 1. The number of carbonyl (C=O) groups excluding carboxylic acids is 1. The number of hydrogen-bond donors (Lipinski definition) is 2. The van der Waals surface area contributed by atoms with Crippen molar-refractivity contribution in [1.29, 1.82) is 0 Å². The number of halogens is 1. The second-order valence-corrected chi connectivity index (χ2v) is 3.76. The van der Waals surface area contributed by atoms with Gasteiger partial charge >= 0.3 is 0 Å². The van der Waals surface area contributed by atoms with Crippen LogP contribution in [0, 0.1) is 0 Å². The molecule has 0 unspecified atom stereocenters. The maximum Gasteiger partial charge on any atom is 0.255 e. The van der Waals surface area contributed by atoms with Crippen LogP contribution >= 0.6 is 11.6 Å². The number of amides is 1. The molecule has 0 saturated heterocycles. The Kier molecular flexibility index (Phi) is 3.25. The van der Waals surface area contributed by atoms with Gasteiger partial charge in [0, 0.05) is 23.6 Å². The third kappa shape index (κ3) is 2.73. The van der Waals surface area contributed by atoms with Crippen molar-refractivity contribution in [3.05, 3.63) is 53.3 Å². The Bertz CT molecular complexity index is 543. The van der Waals surface area contributed by atoms with Crippen LogP contribution in [0.15, 0.2) is 42.7 Å². The van der Waals surface area contributed by atoms with E-state index in [0.29, 0.717) is 11.3 Å². The van der Waals surface area contributed by atoms with Crippen molar-refractivity contribution >= 4 is 23.2 Å². The first-order valence-electron chi connectivity index (χ1n) is 4.87. The Morgan fingerprint density at radius 3 is 2.59 bits per heavy atom. The predicted octanol–water partition coefficient (Wildman–Crippen LogP) is 2.69. The van der Waals surface area contributed by atoms with Gasteiger partial charge in [0.2, 0.25) is 0 Å². The van der Waals surface area contributed by atoms with Gasteiger partial charge in [-0.3, -0.25) is 9.78 Å². The molecule has 4 nitrogen and oxygen atoms in total. The highest BCUT2D eigenvalue weighted by molar-refractivity contribution is 6.32. The SMILES string of the molecule is O=C(Nc1ccc(O)c(Cl)c1)c1ccncc1. The third-order valence-corrected chi connectivity index (χ3v) is 2.45. The monoisotopic (exact) mass is 248 g/mol. The van der Waals surface area contributed by atoms with Crippen LogP contribution in [0.5, 0.6) is 5.75 Å². The lowest BCUT2D eigenvalue weighted by molar-refractivity contribution is 0.102. The number of anilines is 1. The molecule has 86 valence electrons. The van der Waals surface area contributed by atoms with E-state index in [-0.39, 0.29) is 16.7 Å². The van der Waals surface area contributed by atoms with Gasteiger partial charge in [-0.15, -0.1) is 0 Å². The van der Waals surface area contributed by atoms with Crippen molar-refractivity contribution in [1.82, 2.24) is 4.98 Å². The molecule has 0 atom stereocenters. The van der Waals surface area contributed by atoms with Crippen molar-refractivity contribution in [3.63, 3.8) is 0 Å². The molecule has 0 aliphatic heterocycles. The van der Waals surface area contributed by atoms with E-state index in [0.717, 1.165) is 0 Å². The van der Waals surface area contributed by atoms with Crippen LogP contribution < -0.4 is 5.32 Å². The Balaban J connectivity index is 2.16. The molecule has 1 amide bonds. The maximum absolute atomic E-state index is 11.8. The first-order valence-corrected chi connectivity index (χ1v) is 5.24. The molecule has 0 saturated carbocycles. The number of benzene rings is 1. The molecule has 2 N–H and O–H groups in total. The second-order valence-electron chi connectivity index (χ2n) is 3.36. The van der Waals surface area contributed by atoms with E-state index in [1.807, 2.05) is 0 Å². The minimum absolute atomic E-state index is 0.0198. The number of nitrogens with zero attached hydrogens (tertiary/aromatic N) is 1. The molecule has 5 heteroatoms. The fourth-order valence-electron chi connectivity index (χ4n) is 1.29. The molecule has 2 rings (SSSR count). The molecule has 1 aromatic heterocycles. The lowest BCUT2D eigenvalue weighted by Gasteiger charge is -2.06. The number of rotatable bonds is 2. The molecular weight excluding hydrogens is 240 g/mol. The summed E-state index contributed by atoms with van der Waals surface area (Å²) in [6.07, 6.45) is 3.08. The van der Waals surface area contributed by atoms with Crippen molar-refractivity contribution in [2.75, 3.05) is 5.32 Å². The van der Waals surface area contributed by atoms with E-state index < -0.39 is 0 Å². The van der Waals surface area contributed by atoms with E-state index in [9.17, 15) is 9.90 Å². The normalized spacial score (nSPS) is 9.94. The van der Waals surface area contributed by atoms with E-state index in [1.54, 1.807) is 30.6 Å². The Morgan fingerprint density at radius 1 is 1.24 bits per heavy atom. The van der Waals surface area contributed by atoms with Gasteiger partial charge in [0.25, 0.3) is 5.91 Å². The minimum atomic E-state index is -0.255. The molecule has 0 spiro atoms. The number of hydrogen-bond acceptors (Lipinski definition) is 3. The Morgan fingerprint density at radius 2 is 1.94 bits per heavy atom. The molecular formula is C12H9ClN2O2. The minimum Gasteiger partial charge on any atom is -0.506 e. The Hall–Kier alpha value is -2.07. The topological polar surface area (TPSA) is 62.2 Å². The number of aromatic nitrogens is 1. The Labute approximate surface area is 103 Å². The zero-order valence-corrected chi connectivity index (χ0v) is 9.48. The number of nitrogens with one attached hydrogen (secondary N) is 1. The lowest BCUT2D eigenvalue weighted by Crippen LogP contribution is -2.11. The van der Waals surface area contributed by atoms with E-state index >= 15 is 0 Å². The second kappa shape index (κ2) is 4.84. The summed E-state index contributed by atoms with van der Waals surface area (Å²) in [7, 11) is 0. The number of phenols is 1. The van der Waals surface area contributed by atoms with Gasteiger partial charge in [-0.25, -0.2) is 0 Å². The zero-order valence-electron chi connectivity index (χ0n) is 8.72. The summed E-state index contributed by atoms with van der Waals surface area (Å²) in [5.74, 6) is -0.275. The highest BCUT2D eigenvalue weighted by Crippen LogP contribution is 2.26. The van der Waals surface area contributed by atoms with Crippen molar-refractivity contribution in [3.8, 4) is 5.75 Å². The predicted molar refractivity (Wildman–Crippen MR) is 65.3 cm³/mol. The first-order chi connectivity index (χ1) is 8.16. The van der Waals surface area contributed by atoms with Crippen molar-refractivity contribution < 1.29 is 9.90 Å². The van der Waals surface area contributed by atoms with Crippen LogP contribution in [0.3, 0.4) is 0 Å². The van der Waals surface area contributed by atoms with Gasteiger partial charge in [-0.05, 0) is 30.3 Å². The average molecular weight is 249 g/mol. The highest BCUT2D eigenvalue weighted by atomic mass is 35.5. The van der Waals surface area contributed by atoms with Gasteiger partial charge in [-0.1, -0.05) is 11.6 Å². The molecule has 1 heterocycles. The highest BCUT2D eigenvalue weighted by Gasteiger charge is 2.06. The zero-order chi connectivity index (χ0) is 12.3. The smallest absolute Gasteiger partial charge is 0.255 e. The van der Waals surface area contributed by atoms with Crippen LogP contribution in [-0.4, -0.2) is 16.0 Å². The number of phenolic OH excluding ortho intramolecular Hbond substituents is 1. The quantitative estimate of drug-likeness (QED) is 0.804. The summed E-state index contributed by atoms with van der Waals surface area (Å²) in [5.41, 5.74) is 1.03. The average Bonchev–Trinajstić information content (AvgIpc) is 2.35. The fraction of sp³-hybridized carbons (Fsp3) is 0. The third-order valence-electron chi connectivity index (χ3n) is 2.15. The maximum atomic E-state index is 11.8. The van der Waals surface area contributed by atoms with E-state index in [4.69, 9.17) is 11.6 Å². The lowest BCUT2D eigenvalue weighted by atomic mass is 10.2. The summed E-state index contributed by atoms with van der Waals surface area (Å²) < 4.78 is 0. The largest absolute Gasteiger partial charge is 0.506 e. The molecule has 0 bridgehead atoms. The molecule has 0 fully saturated rings. The molecule has 0 aliphatic rings. The number of pyridine rings is 1. The summed E-state index contributed by atoms with van der Waals surface area (Å²) in [6.45, 7) is 0. The van der Waals surface area contributed by atoms with Crippen LogP contribution in [0.2, 0.25) is 5.02 Å². The molecule has 17 heavy (non-hydrogen) atoms. The van der Waals surface area contributed by atoms with E-state index in [1.165, 1.54) is 12.1 Å². The van der Waals surface area contributed by atoms with Gasteiger partial charge < -0.3 is 10.4 Å². The van der Waals surface area contributed by atoms with Gasteiger partial charge in [0.15, 0.2) is 0 Å². The summed E-state index contributed by atoms with van der Waals surface area (Å²) in [5, 5.41) is 12.1. The van der Waals surface area contributed by atoms with Crippen LogP contribution in [0.4, 0.5) is 5.69 Å². The van der Waals surface area contributed by atoms with Crippen molar-refractivity contribution in [2.45, 2.75) is 0 Å². The molecule has 1 aromatic carbocycles. The first kappa shape index (κ1) is 11.4. The molecule has 0 aliphatic carbocycles. The van der Waals surface area contributed by atoms with Crippen LogP contribution in [0.1, 0.15) is 10.4 Å². The van der Waals surface area contributed by atoms with Gasteiger partial charge in [0.1, 0.15) is 5.75 Å². The van der Waals surface area contributed by atoms with E-state index in [2.05, 4.69) is 10.3 Å². The number of carbonyl (C=O) groups is 1.